The topological polar surface area (TPSA) is 42.4 Å². The van der Waals surface area contributed by atoms with Crippen molar-refractivity contribution in [2.24, 2.45) is 5.92 Å². The molecule has 1 N–H and O–H groups in total. The monoisotopic (exact) mass is 257 g/mol. The van der Waals surface area contributed by atoms with Gasteiger partial charge in [-0.1, -0.05) is 18.2 Å². The van der Waals surface area contributed by atoms with Gasteiger partial charge in [0.15, 0.2) is 0 Å². The Morgan fingerprint density at radius 1 is 1.32 bits per heavy atom. The number of aromatic nitrogens is 1. The van der Waals surface area contributed by atoms with Crippen molar-refractivity contribution in [1.82, 2.24) is 4.98 Å². The van der Waals surface area contributed by atoms with Crippen molar-refractivity contribution >= 4 is 10.9 Å². The van der Waals surface area contributed by atoms with E-state index in [-0.39, 0.29) is 0 Å². The molecule has 3 rings (SSSR count). The van der Waals surface area contributed by atoms with E-state index in [0.29, 0.717) is 18.9 Å². The normalized spacial score (nSPS) is 18.4. The van der Waals surface area contributed by atoms with Crippen molar-refractivity contribution in [3.63, 3.8) is 0 Å². The van der Waals surface area contributed by atoms with Crippen LogP contribution in [0, 0.1) is 5.92 Å². The molecule has 3 nitrogen and oxygen atoms in total. The molecule has 1 atom stereocenters. The third kappa shape index (κ3) is 2.48. The van der Waals surface area contributed by atoms with Crippen LogP contribution in [0.3, 0.4) is 0 Å². The third-order valence-electron chi connectivity index (χ3n) is 3.97. The van der Waals surface area contributed by atoms with E-state index in [1.165, 1.54) is 0 Å². The Hall–Kier alpha value is -1.45. The maximum Gasteiger partial charge on any atom is 0.0948 e. The van der Waals surface area contributed by atoms with Crippen LogP contribution in [-0.4, -0.2) is 29.4 Å². The molecule has 0 aliphatic heterocycles. The first-order valence-electron chi connectivity index (χ1n) is 6.77. The number of benzene rings is 1. The molecule has 0 bridgehead atoms. The van der Waals surface area contributed by atoms with Crippen molar-refractivity contribution in [2.45, 2.75) is 24.9 Å². The fourth-order valence-electron chi connectivity index (χ4n) is 2.82. The summed E-state index contributed by atoms with van der Waals surface area (Å²) >= 11 is 0. The zero-order valence-corrected chi connectivity index (χ0v) is 11.2. The number of hydrogen-bond donors (Lipinski definition) is 1. The second kappa shape index (κ2) is 4.91. The maximum absolute atomic E-state index is 10.8. The van der Waals surface area contributed by atoms with Crippen LogP contribution in [0.4, 0.5) is 0 Å². The summed E-state index contributed by atoms with van der Waals surface area (Å²) in [6.07, 6.45) is 4.65. The molecule has 1 fully saturated rings. The third-order valence-corrected chi connectivity index (χ3v) is 3.97. The van der Waals surface area contributed by atoms with E-state index in [2.05, 4.69) is 11.1 Å². The first kappa shape index (κ1) is 12.6. The summed E-state index contributed by atoms with van der Waals surface area (Å²) in [5, 5.41) is 11.9. The summed E-state index contributed by atoms with van der Waals surface area (Å²) in [4.78, 5) is 4.37. The van der Waals surface area contributed by atoms with Gasteiger partial charge in [0.25, 0.3) is 0 Å². The van der Waals surface area contributed by atoms with Gasteiger partial charge < -0.3 is 9.84 Å². The first-order valence-corrected chi connectivity index (χ1v) is 6.77. The summed E-state index contributed by atoms with van der Waals surface area (Å²) < 4.78 is 5.23. The highest BCUT2D eigenvalue weighted by molar-refractivity contribution is 5.81. The Balaban J connectivity index is 1.95. The molecule has 1 unspecified atom stereocenters. The number of hydrogen-bond acceptors (Lipinski definition) is 3. The van der Waals surface area contributed by atoms with E-state index in [9.17, 15) is 5.11 Å². The molecule has 1 aliphatic carbocycles. The molecule has 0 amide bonds. The van der Waals surface area contributed by atoms with Gasteiger partial charge in [0, 0.05) is 25.1 Å². The first-order chi connectivity index (χ1) is 9.23. The van der Waals surface area contributed by atoms with Crippen molar-refractivity contribution in [3.8, 4) is 0 Å². The molecular formula is C16H19NO2. The van der Waals surface area contributed by atoms with Crippen LogP contribution in [0.15, 0.2) is 36.5 Å². The van der Waals surface area contributed by atoms with Gasteiger partial charge in [-0.15, -0.1) is 0 Å². The van der Waals surface area contributed by atoms with Crippen LogP contribution in [0.1, 0.15) is 18.4 Å². The second-order valence-electron chi connectivity index (χ2n) is 5.47. The number of pyridine rings is 1. The van der Waals surface area contributed by atoms with E-state index in [4.69, 9.17) is 4.74 Å². The second-order valence-corrected chi connectivity index (χ2v) is 5.47. The van der Waals surface area contributed by atoms with Crippen molar-refractivity contribution in [1.29, 1.82) is 0 Å². The lowest BCUT2D eigenvalue weighted by Crippen LogP contribution is -2.39. The number of ether oxygens (including phenoxy) is 1. The average Bonchev–Trinajstić information content (AvgIpc) is 3.24. The molecule has 3 heteroatoms. The minimum Gasteiger partial charge on any atom is -0.387 e. The van der Waals surface area contributed by atoms with Gasteiger partial charge in [-0.3, -0.25) is 4.98 Å². The number of nitrogens with zero attached hydrogens (tertiary/aromatic N) is 1. The quantitative estimate of drug-likeness (QED) is 0.895. The van der Waals surface area contributed by atoms with Crippen LogP contribution in [-0.2, 0) is 11.2 Å². The van der Waals surface area contributed by atoms with E-state index in [0.717, 1.165) is 29.3 Å². The van der Waals surface area contributed by atoms with Gasteiger partial charge in [0.1, 0.15) is 0 Å². The lowest BCUT2D eigenvalue weighted by atomic mass is 9.89. The Labute approximate surface area is 113 Å². The molecule has 1 saturated carbocycles. The number of methoxy groups -OCH3 is 1. The van der Waals surface area contributed by atoms with Gasteiger partial charge in [0.05, 0.1) is 17.7 Å². The molecule has 1 heterocycles. The van der Waals surface area contributed by atoms with Gasteiger partial charge >= 0.3 is 0 Å². The Morgan fingerprint density at radius 3 is 2.84 bits per heavy atom. The fourth-order valence-corrected chi connectivity index (χ4v) is 2.82. The molecule has 1 aromatic heterocycles. The molecule has 0 saturated heterocycles. The zero-order valence-electron chi connectivity index (χ0n) is 11.2. The Kier molecular flexibility index (Phi) is 3.25. The van der Waals surface area contributed by atoms with Gasteiger partial charge in [-0.25, -0.2) is 0 Å². The summed E-state index contributed by atoms with van der Waals surface area (Å²) in [6.45, 7) is 0.397. The van der Waals surface area contributed by atoms with Crippen molar-refractivity contribution < 1.29 is 9.84 Å². The molecule has 0 spiro atoms. The summed E-state index contributed by atoms with van der Waals surface area (Å²) in [5.74, 6) is 0.374. The van der Waals surface area contributed by atoms with Gasteiger partial charge in [-0.2, -0.15) is 0 Å². The molecule has 19 heavy (non-hydrogen) atoms. The van der Waals surface area contributed by atoms with Gasteiger partial charge in [-0.05, 0) is 36.5 Å². The Morgan fingerprint density at radius 2 is 2.11 bits per heavy atom. The fraction of sp³-hybridized carbons (Fsp3) is 0.438. The van der Waals surface area contributed by atoms with E-state index >= 15 is 0 Å². The number of para-hydroxylation sites is 1. The van der Waals surface area contributed by atoms with E-state index in [1.54, 1.807) is 7.11 Å². The molecule has 1 aliphatic rings. The molecule has 0 radical (unpaired) electrons. The predicted octanol–water partition coefficient (Wildman–Crippen LogP) is 2.56. The van der Waals surface area contributed by atoms with E-state index < -0.39 is 5.60 Å². The lowest BCUT2D eigenvalue weighted by molar-refractivity contribution is -0.0472. The van der Waals surface area contributed by atoms with Crippen molar-refractivity contribution in [2.75, 3.05) is 13.7 Å². The highest BCUT2D eigenvalue weighted by atomic mass is 16.5. The van der Waals surface area contributed by atoms with Crippen LogP contribution in [0.2, 0.25) is 0 Å². The largest absolute Gasteiger partial charge is 0.387 e. The van der Waals surface area contributed by atoms with Crippen LogP contribution < -0.4 is 0 Å². The number of aliphatic hydroxyl groups is 1. The molecule has 1 aromatic carbocycles. The van der Waals surface area contributed by atoms with Crippen LogP contribution >= 0.6 is 0 Å². The number of fused-ring (bicyclic) bond motifs is 1. The summed E-state index contributed by atoms with van der Waals surface area (Å²) in [7, 11) is 1.65. The average molecular weight is 257 g/mol. The summed E-state index contributed by atoms with van der Waals surface area (Å²) in [6, 6.07) is 10.1. The Bertz CT molecular complexity index is 574. The maximum atomic E-state index is 10.8. The minimum atomic E-state index is -0.737. The highest BCUT2D eigenvalue weighted by Gasteiger charge is 2.44. The lowest BCUT2D eigenvalue weighted by Gasteiger charge is -2.28. The SMILES string of the molecule is COCC(O)(Cc1ccnc2ccccc12)C1CC1. The highest BCUT2D eigenvalue weighted by Crippen LogP contribution is 2.42. The minimum absolute atomic E-state index is 0.374. The van der Waals surface area contributed by atoms with Gasteiger partial charge in [0.2, 0.25) is 0 Å². The standard InChI is InChI=1S/C16H19NO2/c1-19-11-16(18,13-6-7-13)10-12-8-9-17-15-5-3-2-4-14(12)15/h2-5,8-9,13,18H,6-7,10-11H2,1H3. The predicted molar refractivity (Wildman–Crippen MR) is 75.0 cm³/mol. The molecule has 2 aromatic rings. The van der Waals surface area contributed by atoms with Crippen LogP contribution in [0.25, 0.3) is 10.9 Å². The number of rotatable bonds is 5. The molecule has 100 valence electrons. The van der Waals surface area contributed by atoms with Crippen LogP contribution in [0.5, 0.6) is 0 Å². The van der Waals surface area contributed by atoms with Crippen molar-refractivity contribution in [3.05, 3.63) is 42.1 Å². The van der Waals surface area contributed by atoms with E-state index in [1.807, 2.05) is 30.5 Å². The summed E-state index contributed by atoms with van der Waals surface area (Å²) in [5.41, 5.74) is 1.39. The molecular weight excluding hydrogens is 238 g/mol. The smallest absolute Gasteiger partial charge is 0.0948 e. The zero-order chi connectivity index (χ0) is 13.3.